The number of ether oxygens (including phenoxy) is 2. The van der Waals surface area contributed by atoms with Crippen molar-refractivity contribution in [3.05, 3.63) is 69.9 Å². The SMILES string of the molecule is Cc1[nH]c2ccccc2c1C(=O)COC(=O)C1=Cc2cc(Cl)ccc2OC1. The van der Waals surface area contributed by atoms with Crippen LogP contribution in [0.15, 0.2) is 48.0 Å². The third kappa shape index (κ3) is 3.34. The average molecular weight is 382 g/mol. The summed E-state index contributed by atoms with van der Waals surface area (Å²) in [5.41, 5.74) is 3.22. The maximum Gasteiger partial charge on any atom is 0.337 e. The summed E-state index contributed by atoms with van der Waals surface area (Å²) in [6, 6.07) is 12.7. The largest absolute Gasteiger partial charge is 0.488 e. The lowest BCUT2D eigenvalue weighted by atomic mass is 10.1. The van der Waals surface area contributed by atoms with Gasteiger partial charge in [-0.3, -0.25) is 4.79 Å². The molecule has 0 aliphatic carbocycles. The van der Waals surface area contributed by atoms with Crippen molar-refractivity contribution in [2.45, 2.75) is 6.92 Å². The summed E-state index contributed by atoms with van der Waals surface area (Å²) >= 11 is 5.98. The Morgan fingerprint density at radius 2 is 2.04 bits per heavy atom. The summed E-state index contributed by atoms with van der Waals surface area (Å²) in [5.74, 6) is -0.174. The summed E-state index contributed by atoms with van der Waals surface area (Å²) in [7, 11) is 0. The number of halogens is 1. The van der Waals surface area contributed by atoms with Crippen LogP contribution in [0.1, 0.15) is 21.6 Å². The molecule has 0 saturated heterocycles. The van der Waals surface area contributed by atoms with Crippen molar-refractivity contribution in [1.29, 1.82) is 0 Å². The van der Waals surface area contributed by atoms with Gasteiger partial charge in [0.15, 0.2) is 6.61 Å². The summed E-state index contributed by atoms with van der Waals surface area (Å²) < 4.78 is 10.8. The van der Waals surface area contributed by atoms with Gasteiger partial charge in [-0.05, 0) is 37.3 Å². The van der Waals surface area contributed by atoms with Crippen LogP contribution in [0, 0.1) is 6.92 Å². The number of aromatic nitrogens is 1. The van der Waals surface area contributed by atoms with Crippen molar-refractivity contribution in [1.82, 2.24) is 4.98 Å². The third-order valence-corrected chi connectivity index (χ3v) is 4.69. The van der Waals surface area contributed by atoms with Gasteiger partial charge < -0.3 is 14.5 Å². The van der Waals surface area contributed by atoms with Gasteiger partial charge in [0.05, 0.1) is 5.57 Å². The van der Waals surface area contributed by atoms with Crippen LogP contribution in [-0.4, -0.2) is 30.0 Å². The molecule has 2 aromatic carbocycles. The standard InChI is InChI=1S/C21H16ClNO4/c1-12-20(16-4-2-3-5-17(16)23-12)18(24)11-27-21(25)14-8-13-9-15(22)6-7-19(13)26-10-14/h2-9,23H,10-11H2,1H3. The molecule has 0 atom stereocenters. The van der Waals surface area contributed by atoms with Crippen molar-refractivity contribution in [3.8, 4) is 5.75 Å². The zero-order chi connectivity index (χ0) is 19.0. The number of benzene rings is 2. The molecule has 3 aromatic rings. The molecule has 2 heterocycles. The van der Waals surface area contributed by atoms with Crippen molar-refractivity contribution >= 4 is 40.3 Å². The molecule has 6 heteroatoms. The number of carbonyl (C=O) groups is 2. The maximum absolute atomic E-state index is 12.6. The number of ketones is 1. The molecule has 1 N–H and O–H groups in total. The van der Waals surface area contributed by atoms with Gasteiger partial charge in [-0.15, -0.1) is 0 Å². The van der Waals surface area contributed by atoms with E-state index in [2.05, 4.69) is 4.98 Å². The van der Waals surface area contributed by atoms with Gasteiger partial charge in [0.25, 0.3) is 0 Å². The molecule has 0 radical (unpaired) electrons. The van der Waals surface area contributed by atoms with Crippen LogP contribution in [0.25, 0.3) is 17.0 Å². The monoisotopic (exact) mass is 381 g/mol. The molecule has 0 bridgehead atoms. The zero-order valence-electron chi connectivity index (χ0n) is 14.5. The van der Waals surface area contributed by atoms with Gasteiger partial charge in [-0.25, -0.2) is 4.79 Å². The van der Waals surface area contributed by atoms with Crippen LogP contribution in [0.5, 0.6) is 5.75 Å². The molecule has 27 heavy (non-hydrogen) atoms. The number of aromatic amines is 1. The van der Waals surface area contributed by atoms with Crippen molar-refractivity contribution < 1.29 is 19.1 Å². The zero-order valence-corrected chi connectivity index (χ0v) is 15.3. The van der Waals surface area contributed by atoms with E-state index in [4.69, 9.17) is 21.1 Å². The lowest BCUT2D eigenvalue weighted by Gasteiger charge is -2.17. The fourth-order valence-corrected chi connectivity index (χ4v) is 3.38. The Hall–Kier alpha value is -3.05. The lowest BCUT2D eigenvalue weighted by Crippen LogP contribution is -2.20. The first-order chi connectivity index (χ1) is 13.0. The number of fused-ring (bicyclic) bond motifs is 2. The molecule has 0 amide bonds. The summed E-state index contributed by atoms with van der Waals surface area (Å²) in [4.78, 5) is 28.1. The highest BCUT2D eigenvalue weighted by molar-refractivity contribution is 6.30. The Kier molecular flexibility index (Phi) is 4.46. The first-order valence-electron chi connectivity index (χ1n) is 8.43. The molecule has 136 valence electrons. The van der Waals surface area contributed by atoms with E-state index in [9.17, 15) is 9.59 Å². The lowest BCUT2D eigenvalue weighted by molar-refractivity contribution is -0.138. The predicted molar refractivity (Wildman–Crippen MR) is 103 cm³/mol. The highest BCUT2D eigenvalue weighted by Gasteiger charge is 2.21. The maximum atomic E-state index is 12.6. The van der Waals surface area contributed by atoms with Gasteiger partial charge >= 0.3 is 5.97 Å². The number of rotatable bonds is 4. The van der Waals surface area contributed by atoms with Crippen LogP contribution in [0.2, 0.25) is 5.02 Å². The summed E-state index contributed by atoms with van der Waals surface area (Å²) in [6.07, 6.45) is 1.68. The highest BCUT2D eigenvalue weighted by atomic mass is 35.5. The van der Waals surface area contributed by atoms with E-state index in [1.54, 1.807) is 24.3 Å². The Morgan fingerprint density at radius 1 is 1.22 bits per heavy atom. The predicted octanol–water partition coefficient (Wildman–Crippen LogP) is 4.33. The smallest absolute Gasteiger partial charge is 0.337 e. The van der Waals surface area contributed by atoms with Crippen molar-refractivity contribution in [2.24, 2.45) is 0 Å². The number of hydrogen-bond donors (Lipinski definition) is 1. The Balaban J connectivity index is 1.49. The molecule has 1 aliphatic rings. The minimum absolute atomic E-state index is 0.0910. The molecule has 0 unspecified atom stereocenters. The Morgan fingerprint density at radius 3 is 2.89 bits per heavy atom. The second-order valence-electron chi connectivity index (χ2n) is 6.31. The fraction of sp³-hybridized carbons (Fsp3) is 0.143. The fourth-order valence-electron chi connectivity index (χ4n) is 3.20. The Labute approximate surface area is 160 Å². The first-order valence-corrected chi connectivity index (χ1v) is 8.81. The van der Waals surface area contributed by atoms with E-state index in [0.717, 1.165) is 16.6 Å². The number of para-hydroxylation sites is 1. The minimum Gasteiger partial charge on any atom is -0.488 e. The molecule has 0 saturated carbocycles. The van der Waals surface area contributed by atoms with E-state index >= 15 is 0 Å². The number of nitrogens with one attached hydrogen (secondary N) is 1. The molecule has 1 aromatic heterocycles. The van der Waals surface area contributed by atoms with E-state index in [1.807, 2.05) is 31.2 Å². The van der Waals surface area contributed by atoms with Crippen LogP contribution >= 0.6 is 11.6 Å². The normalized spacial score (nSPS) is 12.9. The number of hydrogen-bond acceptors (Lipinski definition) is 4. The van der Waals surface area contributed by atoms with Crippen LogP contribution < -0.4 is 4.74 Å². The summed E-state index contributed by atoms with van der Waals surface area (Å²) in [5, 5.41) is 1.37. The Bertz CT molecular complexity index is 1100. The highest BCUT2D eigenvalue weighted by Crippen LogP contribution is 2.29. The number of esters is 1. The second-order valence-corrected chi connectivity index (χ2v) is 6.75. The van der Waals surface area contributed by atoms with Gasteiger partial charge in [0, 0.05) is 32.7 Å². The second kappa shape index (κ2) is 6.93. The molecule has 4 rings (SSSR count). The molecule has 0 spiro atoms. The van der Waals surface area contributed by atoms with Gasteiger partial charge in [0.2, 0.25) is 5.78 Å². The molecular weight excluding hydrogens is 366 g/mol. The van der Waals surface area contributed by atoms with Crippen molar-refractivity contribution in [3.63, 3.8) is 0 Å². The first kappa shape index (κ1) is 17.4. The average Bonchev–Trinajstić information content (AvgIpc) is 3.01. The molecule has 5 nitrogen and oxygen atoms in total. The topological polar surface area (TPSA) is 68.4 Å². The molecule has 0 fully saturated rings. The summed E-state index contributed by atoms with van der Waals surface area (Å²) in [6.45, 7) is 1.59. The molecule has 1 aliphatic heterocycles. The number of Topliss-reactive ketones (excluding diaryl/α,β-unsaturated/α-hetero) is 1. The van der Waals surface area contributed by atoms with E-state index in [1.165, 1.54) is 0 Å². The number of aryl methyl sites for hydroxylation is 1. The number of carbonyl (C=O) groups excluding carboxylic acids is 2. The third-order valence-electron chi connectivity index (χ3n) is 4.45. The van der Waals surface area contributed by atoms with Gasteiger partial charge in [0.1, 0.15) is 12.4 Å². The van der Waals surface area contributed by atoms with E-state index < -0.39 is 5.97 Å². The van der Waals surface area contributed by atoms with E-state index in [0.29, 0.717) is 27.5 Å². The molecular formula is C21H16ClNO4. The van der Waals surface area contributed by atoms with Crippen molar-refractivity contribution in [2.75, 3.05) is 13.2 Å². The van der Waals surface area contributed by atoms with Gasteiger partial charge in [-0.2, -0.15) is 0 Å². The number of H-pyrrole nitrogens is 1. The minimum atomic E-state index is -0.577. The quantitative estimate of drug-likeness (QED) is 0.539. The van der Waals surface area contributed by atoms with Gasteiger partial charge in [-0.1, -0.05) is 29.8 Å². The van der Waals surface area contributed by atoms with Crippen LogP contribution in [-0.2, 0) is 9.53 Å². The van der Waals surface area contributed by atoms with Crippen LogP contribution in [0.3, 0.4) is 0 Å². The van der Waals surface area contributed by atoms with Crippen LogP contribution in [0.4, 0.5) is 0 Å². The van der Waals surface area contributed by atoms with E-state index in [-0.39, 0.29) is 19.0 Å².